The summed E-state index contributed by atoms with van der Waals surface area (Å²) in [6.07, 6.45) is 1.58. The molecule has 0 unspecified atom stereocenters. The zero-order valence-corrected chi connectivity index (χ0v) is 17.1. The average molecular weight is 449 g/mol. The lowest BCUT2D eigenvalue weighted by atomic mass is 10.0. The number of methoxy groups -OCH3 is 1. The SMILES string of the molecule is COc1ccc2ccccc2c1-c1cc(C(=O)N/N=C/c2cccc(Br)c2)[nH]n1. The van der Waals surface area contributed by atoms with E-state index < -0.39 is 0 Å². The quantitative estimate of drug-likeness (QED) is 0.341. The number of carbonyl (C=O) groups is 1. The summed E-state index contributed by atoms with van der Waals surface area (Å²) in [7, 11) is 1.62. The van der Waals surface area contributed by atoms with Gasteiger partial charge in [-0.1, -0.05) is 58.4 Å². The van der Waals surface area contributed by atoms with E-state index in [0.717, 1.165) is 26.4 Å². The molecule has 6 nitrogen and oxygen atoms in total. The number of halogens is 1. The van der Waals surface area contributed by atoms with Crippen LogP contribution in [0.1, 0.15) is 16.1 Å². The minimum atomic E-state index is -0.380. The number of ether oxygens (including phenoxy) is 1. The van der Waals surface area contributed by atoms with Crippen LogP contribution in [0.4, 0.5) is 0 Å². The molecule has 0 fully saturated rings. The molecule has 144 valence electrons. The molecule has 2 N–H and O–H groups in total. The summed E-state index contributed by atoms with van der Waals surface area (Å²) in [6.45, 7) is 0. The molecule has 0 saturated heterocycles. The molecule has 0 atom stereocenters. The van der Waals surface area contributed by atoms with E-state index in [4.69, 9.17) is 4.74 Å². The van der Waals surface area contributed by atoms with Crippen molar-refractivity contribution in [3.05, 3.63) is 82.5 Å². The van der Waals surface area contributed by atoms with E-state index in [2.05, 4.69) is 36.7 Å². The molecule has 1 amide bonds. The number of amides is 1. The maximum absolute atomic E-state index is 12.4. The lowest BCUT2D eigenvalue weighted by Crippen LogP contribution is -2.17. The molecule has 4 aromatic rings. The van der Waals surface area contributed by atoms with Crippen molar-refractivity contribution in [2.45, 2.75) is 0 Å². The lowest BCUT2D eigenvalue weighted by Gasteiger charge is -2.09. The van der Waals surface area contributed by atoms with Crippen LogP contribution in [0.3, 0.4) is 0 Å². The van der Waals surface area contributed by atoms with Gasteiger partial charge in [0.1, 0.15) is 11.4 Å². The number of hydrogen-bond donors (Lipinski definition) is 2. The van der Waals surface area contributed by atoms with Gasteiger partial charge in [-0.2, -0.15) is 10.2 Å². The largest absolute Gasteiger partial charge is 0.496 e. The van der Waals surface area contributed by atoms with Crippen molar-refractivity contribution >= 4 is 38.8 Å². The van der Waals surface area contributed by atoms with Crippen LogP contribution in [-0.4, -0.2) is 29.4 Å². The molecule has 0 aliphatic rings. The standard InChI is InChI=1S/C22H17BrN4O2/c1-29-20-10-9-15-6-2-3-8-17(15)21(20)18-12-19(26-25-18)22(28)27-24-13-14-5-4-7-16(23)11-14/h2-13H,1H3,(H,25,26)(H,27,28)/b24-13+. The van der Waals surface area contributed by atoms with E-state index in [1.54, 1.807) is 19.4 Å². The summed E-state index contributed by atoms with van der Waals surface area (Å²) in [4.78, 5) is 12.4. The molecular weight excluding hydrogens is 432 g/mol. The summed E-state index contributed by atoms with van der Waals surface area (Å²) in [5, 5.41) is 13.2. The Labute approximate surface area is 175 Å². The third-order valence-electron chi connectivity index (χ3n) is 4.42. The molecule has 7 heteroatoms. The van der Waals surface area contributed by atoms with Gasteiger partial charge < -0.3 is 4.74 Å². The molecule has 0 aliphatic carbocycles. The number of hydrazone groups is 1. The van der Waals surface area contributed by atoms with Crippen molar-refractivity contribution in [1.82, 2.24) is 15.6 Å². The minimum absolute atomic E-state index is 0.307. The third-order valence-corrected chi connectivity index (χ3v) is 4.91. The molecule has 0 bridgehead atoms. The number of carbonyl (C=O) groups excluding carboxylic acids is 1. The van der Waals surface area contributed by atoms with Gasteiger partial charge in [-0.05, 0) is 40.6 Å². The van der Waals surface area contributed by atoms with Crippen molar-refractivity contribution in [3.63, 3.8) is 0 Å². The Bertz CT molecular complexity index is 1220. The molecular formula is C22H17BrN4O2. The average Bonchev–Trinajstić information content (AvgIpc) is 3.23. The molecule has 0 saturated carbocycles. The highest BCUT2D eigenvalue weighted by atomic mass is 79.9. The highest BCUT2D eigenvalue weighted by molar-refractivity contribution is 9.10. The van der Waals surface area contributed by atoms with Crippen molar-refractivity contribution in [2.24, 2.45) is 5.10 Å². The summed E-state index contributed by atoms with van der Waals surface area (Å²) >= 11 is 3.40. The molecule has 0 radical (unpaired) electrons. The fourth-order valence-electron chi connectivity index (χ4n) is 3.06. The van der Waals surface area contributed by atoms with E-state index in [1.165, 1.54) is 0 Å². The number of fused-ring (bicyclic) bond motifs is 1. The van der Waals surface area contributed by atoms with Gasteiger partial charge in [-0.25, -0.2) is 5.43 Å². The number of aromatic nitrogens is 2. The predicted molar refractivity (Wildman–Crippen MR) is 117 cm³/mol. The summed E-state index contributed by atoms with van der Waals surface area (Å²) in [5.74, 6) is 0.309. The first-order valence-corrected chi connectivity index (χ1v) is 9.65. The minimum Gasteiger partial charge on any atom is -0.496 e. The van der Waals surface area contributed by atoms with Gasteiger partial charge in [0, 0.05) is 4.47 Å². The molecule has 3 aromatic carbocycles. The molecule has 29 heavy (non-hydrogen) atoms. The topological polar surface area (TPSA) is 79.4 Å². The molecule has 0 spiro atoms. The van der Waals surface area contributed by atoms with Crippen LogP contribution in [0.15, 0.2) is 76.3 Å². The van der Waals surface area contributed by atoms with E-state index in [0.29, 0.717) is 17.1 Å². The first kappa shape index (κ1) is 18.9. The molecule has 0 aliphatic heterocycles. The monoisotopic (exact) mass is 448 g/mol. The second kappa shape index (κ2) is 8.28. The van der Waals surface area contributed by atoms with E-state index in [1.807, 2.05) is 60.7 Å². The Kier molecular flexibility index (Phi) is 5.39. The van der Waals surface area contributed by atoms with Crippen molar-refractivity contribution < 1.29 is 9.53 Å². The number of rotatable bonds is 5. The number of hydrogen-bond acceptors (Lipinski definition) is 4. The Morgan fingerprint density at radius 3 is 2.83 bits per heavy atom. The summed E-state index contributed by atoms with van der Waals surface area (Å²) in [5.41, 5.74) is 5.14. The van der Waals surface area contributed by atoms with E-state index in [-0.39, 0.29) is 5.91 Å². The van der Waals surface area contributed by atoms with Gasteiger partial charge >= 0.3 is 0 Å². The van der Waals surface area contributed by atoms with Gasteiger partial charge in [0.05, 0.1) is 24.6 Å². The van der Waals surface area contributed by atoms with Crippen LogP contribution < -0.4 is 10.2 Å². The van der Waals surface area contributed by atoms with Crippen LogP contribution in [-0.2, 0) is 0 Å². The van der Waals surface area contributed by atoms with Gasteiger partial charge in [0.2, 0.25) is 0 Å². The fraction of sp³-hybridized carbons (Fsp3) is 0.0455. The maximum atomic E-state index is 12.4. The van der Waals surface area contributed by atoms with Gasteiger partial charge in [-0.15, -0.1) is 0 Å². The highest BCUT2D eigenvalue weighted by Crippen LogP contribution is 2.36. The Balaban J connectivity index is 1.59. The molecule has 4 rings (SSSR count). The van der Waals surface area contributed by atoms with Crippen LogP contribution in [0.25, 0.3) is 22.0 Å². The Morgan fingerprint density at radius 2 is 2.00 bits per heavy atom. The van der Waals surface area contributed by atoms with Gasteiger partial charge in [-0.3, -0.25) is 9.89 Å². The zero-order chi connectivity index (χ0) is 20.2. The smallest absolute Gasteiger partial charge is 0.289 e. The normalized spacial score (nSPS) is 11.1. The fourth-order valence-corrected chi connectivity index (χ4v) is 3.48. The van der Waals surface area contributed by atoms with Gasteiger partial charge in [0.25, 0.3) is 5.91 Å². The van der Waals surface area contributed by atoms with Crippen LogP contribution >= 0.6 is 15.9 Å². The van der Waals surface area contributed by atoms with Crippen LogP contribution in [0.2, 0.25) is 0 Å². The number of nitrogens with one attached hydrogen (secondary N) is 2. The number of aromatic amines is 1. The number of H-pyrrole nitrogens is 1. The van der Waals surface area contributed by atoms with Crippen LogP contribution in [0.5, 0.6) is 5.75 Å². The number of benzene rings is 3. The predicted octanol–water partition coefficient (Wildman–Crippen LogP) is 4.76. The summed E-state index contributed by atoms with van der Waals surface area (Å²) < 4.78 is 6.46. The Hall–Kier alpha value is -3.45. The third kappa shape index (κ3) is 4.05. The lowest BCUT2D eigenvalue weighted by molar-refractivity contribution is 0.0950. The van der Waals surface area contributed by atoms with Gasteiger partial charge in [0.15, 0.2) is 0 Å². The van der Waals surface area contributed by atoms with Crippen molar-refractivity contribution in [3.8, 4) is 17.0 Å². The van der Waals surface area contributed by atoms with Crippen molar-refractivity contribution in [1.29, 1.82) is 0 Å². The second-order valence-corrected chi connectivity index (χ2v) is 7.20. The first-order chi connectivity index (χ1) is 14.2. The maximum Gasteiger partial charge on any atom is 0.289 e. The summed E-state index contributed by atoms with van der Waals surface area (Å²) in [6, 6.07) is 21.2. The highest BCUT2D eigenvalue weighted by Gasteiger charge is 2.16. The first-order valence-electron chi connectivity index (χ1n) is 8.86. The van der Waals surface area contributed by atoms with E-state index in [9.17, 15) is 4.79 Å². The Morgan fingerprint density at radius 1 is 1.14 bits per heavy atom. The number of nitrogens with zero attached hydrogens (tertiary/aromatic N) is 2. The zero-order valence-electron chi connectivity index (χ0n) is 15.5. The van der Waals surface area contributed by atoms with Crippen molar-refractivity contribution in [2.75, 3.05) is 7.11 Å². The van der Waals surface area contributed by atoms with E-state index >= 15 is 0 Å². The molecule has 1 heterocycles. The second-order valence-electron chi connectivity index (χ2n) is 6.28. The molecule has 1 aromatic heterocycles. The van der Waals surface area contributed by atoms with Crippen LogP contribution in [0, 0.1) is 0 Å².